The predicted molar refractivity (Wildman–Crippen MR) is 119 cm³/mol. The van der Waals surface area contributed by atoms with Gasteiger partial charge < -0.3 is 24.4 Å². The Kier molecular flexibility index (Phi) is 10.6. The molecule has 6 nitrogen and oxygen atoms in total. The molecule has 8 heteroatoms. The molecule has 1 aromatic carbocycles. The Morgan fingerprint density at radius 3 is 2.69 bits per heavy atom. The van der Waals surface area contributed by atoms with Crippen LogP contribution in [0.25, 0.3) is 0 Å². The summed E-state index contributed by atoms with van der Waals surface area (Å²) in [7, 11) is 5.03. The van der Waals surface area contributed by atoms with Gasteiger partial charge in [0.1, 0.15) is 0 Å². The maximum absolute atomic E-state index is 5.41. The van der Waals surface area contributed by atoms with E-state index < -0.39 is 0 Å². The Morgan fingerprint density at radius 2 is 2.08 bits per heavy atom. The van der Waals surface area contributed by atoms with Gasteiger partial charge in [-0.1, -0.05) is 0 Å². The van der Waals surface area contributed by atoms with E-state index in [1.54, 1.807) is 21.3 Å². The van der Waals surface area contributed by atoms with E-state index in [1.165, 1.54) is 0 Å². The van der Waals surface area contributed by atoms with E-state index >= 15 is 0 Å². The van der Waals surface area contributed by atoms with Crippen LogP contribution in [0.5, 0.6) is 11.5 Å². The summed E-state index contributed by atoms with van der Waals surface area (Å²) < 4.78 is 16.9. The minimum atomic E-state index is 0. The Balaban J connectivity index is 0.00000338. The Hall–Kier alpha value is -0.740. The van der Waals surface area contributed by atoms with Gasteiger partial charge in [0.25, 0.3) is 0 Å². The van der Waals surface area contributed by atoms with Crippen LogP contribution in [-0.4, -0.2) is 58.4 Å². The molecule has 0 bridgehead atoms. The normalized spacial score (nSPS) is 17.0. The van der Waals surface area contributed by atoms with Crippen molar-refractivity contribution in [2.45, 2.75) is 19.9 Å². The first-order valence-electron chi connectivity index (χ1n) is 8.55. The van der Waals surface area contributed by atoms with Gasteiger partial charge in [0.2, 0.25) is 0 Å². The van der Waals surface area contributed by atoms with E-state index in [1.807, 2.05) is 12.1 Å². The van der Waals surface area contributed by atoms with Gasteiger partial charge in [0.15, 0.2) is 17.5 Å². The number of hydrogen-bond donors (Lipinski definition) is 1. The molecule has 0 spiro atoms. The number of ether oxygens (including phenoxy) is 3. The maximum atomic E-state index is 5.41. The molecule has 26 heavy (non-hydrogen) atoms. The number of rotatable bonds is 7. The van der Waals surface area contributed by atoms with Gasteiger partial charge in [-0.3, -0.25) is 0 Å². The van der Waals surface area contributed by atoms with Crippen molar-refractivity contribution >= 4 is 45.9 Å². The van der Waals surface area contributed by atoms with Crippen molar-refractivity contribution in [1.29, 1.82) is 0 Å². The zero-order valence-electron chi connectivity index (χ0n) is 15.9. The number of benzene rings is 1. The molecular formula is C18H29BrIN3O3. The fraction of sp³-hybridized carbons (Fsp3) is 0.611. The fourth-order valence-electron chi connectivity index (χ4n) is 3.05. The molecule has 0 saturated carbocycles. The number of nitrogens with zero attached hydrogens (tertiary/aromatic N) is 2. The summed E-state index contributed by atoms with van der Waals surface area (Å²) in [5, 5.41) is 3.39. The lowest BCUT2D eigenvalue weighted by molar-refractivity contribution is 0.157. The van der Waals surface area contributed by atoms with Crippen LogP contribution in [0.15, 0.2) is 21.6 Å². The Morgan fingerprint density at radius 1 is 1.31 bits per heavy atom. The van der Waals surface area contributed by atoms with Gasteiger partial charge in [-0.05, 0) is 47.0 Å². The third kappa shape index (κ3) is 6.16. The average Bonchev–Trinajstić information content (AvgIpc) is 3.06. The van der Waals surface area contributed by atoms with Gasteiger partial charge in [0, 0.05) is 32.7 Å². The molecule has 1 aliphatic rings. The predicted octanol–water partition coefficient (Wildman–Crippen LogP) is 3.52. The molecule has 0 amide bonds. The zero-order chi connectivity index (χ0) is 18.2. The van der Waals surface area contributed by atoms with Crippen LogP contribution in [0, 0.1) is 5.92 Å². The smallest absolute Gasteiger partial charge is 0.194 e. The molecule has 1 aliphatic heterocycles. The van der Waals surface area contributed by atoms with Crippen molar-refractivity contribution < 1.29 is 14.2 Å². The molecule has 0 aromatic heterocycles. The molecule has 1 heterocycles. The number of methoxy groups -OCH3 is 3. The summed E-state index contributed by atoms with van der Waals surface area (Å²) >= 11 is 3.53. The highest BCUT2D eigenvalue weighted by Gasteiger charge is 2.24. The highest BCUT2D eigenvalue weighted by Crippen LogP contribution is 2.36. The van der Waals surface area contributed by atoms with Crippen molar-refractivity contribution in [2.75, 3.05) is 47.6 Å². The second-order valence-electron chi connectivity index (χ2n) is 6.04. The van der Waals surface area contributed by atoms with Crippen LogP contribution in [-0.2, 0) is 11.3 Å². The number of halogens is 2. The third-order valence-corrected chi connectivity index (χ3v) is 4.82. The summed E-state index contributed by atoms with van der Waals surface area (Å²) in [5.41, 5.74) is 1.06. The zero-order valence-corrected chi connectivity index (χ0v) is 19.8. The number of likely N-dealkylation sites (tertiary alicyclic amines) is 1. The van der Waals surface area contributed by atoms with E-state index in [4.69, 9.17) is 19.2 Å². The summed E-state index contributed by atoms with van der Waals surface area (Å²) in [6, 6.07) is 3.99. The highest BCUT2D eigenvalue weighted by atomic mass is 127. The number of aliphatic imine (C=N–C) groups is 1. The van der Waals surface area contributed by atoms with E-state index in [0.717, 1.165) is 48.7 Å². The van der Waals surface area contributed by atoms with Crippen molar-refractivity contribution in [3.8, 4) is 11.5 Å². The maximum Gasteiger partial charge on any atom is 0.194 e. The minimum absolute atomic E-state index is 0. The molecule has 1 fully saturated rings. The minimum Gasteiger partial charge on any atom is -0.493 e. The largest absolute Gasteiger partial charge is 0.493 e. The lowest BCUT2D eigenvalue weighted by Crippen LogP contribution is -2.40. The number of guanidine groups is 1. The molecular weight excluding hydrogens is 513 g/mol. The second kappa shape index (κ2) is 11.9. The molecule has 1 unspecified atom stereocenters. The summed E-state index contributed by atoms with van der Waals surface area (Å²) in [6.45, 7) is 6.31. The quantitative estimate of drug-likeness (QED) is 0.325. The first-order chi connectivity index (χ1) is 12.1. The average molecular weight is 542 g/mol. The van der Waals surface area contributed by atoms with Gasteiger partial charge in [-0.15, -0.1) is 24.0 Å². The van der Waals surface area contributed by atoms with Crippen LogP contribution >= 0.6 is 39.9 Å². The standard InChI is InChI=1S/C18H28BrN3O3.HI/c1-5-20-18(22-7-6-13(11-22)12-23-2)21-10-14-8-15(19)17(25-4)16(9-14)24-3;/h8-9,13H,5-7,10-12H2,1-4H3,(H,20,21);1H. The van der Waals surface area contributed by atoms with Gasteiger partial charge >= 0.3 is 0 Å². The first-order valence-corrected chi connectivity index (χ1v) is 9.34. The van der Waals surface area contributed by atoms with Gasteiger partial charge in [-0.2, -0.15) is 0 Å². The van der Waals surface area contributed by atoms with Crippen LogP contribution in [0.2, 0.25) is 0 Å². The van der Waals surface area contributed by atoms with Crippen LogP contribution in [0.4, 0.5) is 0 Å². The monoisotopic (exact) mass is 541 g/mol. The molecule has 148 valence electrons. The fourth-order valence-corrected chi connectivity index (χ4v) is 3.70. The Labute approximate surface area is 181 Å². The number of hydrogen-bond acceptors (Lipinski definition) is 4. The van der Waals surface area contributed by atoms with Crippen LogP contribution in [0.3, 0.4) is 0 Å². The molecule has 0 aliphatic carbocycles. The van der Waals surface area contributed by atoms with Gasteiger partial charge in [-0.25, -0.2) is 4.99 Å². The number of nitrogens with one attached hydrogen (secondary N) is 1. The first kappa shape index (κ1) is 23.3. The molecule has 1 saturated heterocycles. The SMILES string of the molecule is CCNC(=NCc1cc(Br)c(OC)c(OC)c1)N1CCC(COC)C1.I. The van der Waals surface area contributed by atoms with Crippen molar-refractivity contribution in [1.82, 2.24) is 10.2 Å². The summed E-state index contributed by atoms with van der Waals surface area (Å²) in [5.74, 6) is 2.92. The lowest BCUT2D eigenvalue weighted by atomic mass is 10.1. The van der Waals surface area contributed by atoms with E-state index in [9.17, 15) is 0 Å². The summed E-state index contributed by atoms with van der Waals surface area (Å²) in [6.07, 6.45) is 1.14. The second-order valence-corrected chi connectivity index (χ2v) is 6.89. The van der Waals surface area contributed by atoms with Crippen LogP contribution in [0.1, 0.15) is 18.9 Å². The Bertz CT molecular complexity index is 601. The van der Waals surface area contributed by atoms with Crippen LogP contribution < -0.4 is 14.8 Å². The summed E-state index contributed by atoms with van der Waals surface area (Å²) in [4.78, 5) is 7.11. The third-order valence-electron chi connectivity index (χ3n) is 4.23. The lowest BCUT2D eigenvalue weighted by Gasteiger charge is -2.21. The molecule has 0 radical (unpaired) electrons. The molecule has 2 rings (SSSR count). The van der Waals surface area contributed by atoms with Crippen molar-refractivity contribution in [3.63, 3.8) is 0 Å². The van der Waals surface area contributed by atoms with E-state index in [2.05, 4.69) is 33.1 Å². The highest BCUT2D eigenvalue weighted by molar-refractivity contribution is 14.0. The van der Waals surface area contributed by atoms with E-state index in [-0.39, 0.29) is 24.0 Å². The van der Waals surface area contributed by atoms with E-state index in [0.29, 0.717) is 24.0 Å². The topological polar surface area (TPSA) is 55.3 Å². The molecule has 1 atom stereocenters. The molecule has 1 aromatic rings. The molecule has 1 N–H and O–H groups in total. The van der Waals surface area contributed by atoms with Crippen molar-refractivity contribution in [2.24, 2.45) is 10.9 Å². The van der Waals surface area contributed by atoms with Crippen molar-refractivity contribution in [3.05, 3.63) is 22.2 Å². The van der Waals surface area contributed by atoms with Gasteiger partial charge in [0.05, 0.1) is 31.8 Å².